The highest BCUT2D eigenvalue weighted by Crippen LogP contribution is 2.30. The van der Waals surface area contributed by atoms with Gasteiger partial charge in [0.25, 0.3) is 15.9 Å². The second kappa shape index (κ2) is 11.2. The van der Waals surface area contributed by atoms with Gasteiger partial charge in [-0.1, -0.05) is 30.3 Å². The highest BCUT2D eigenvalue weighted by Gasteiger charge is 2.22. The number of hydrogen-bond donors (Lipinski definition) is 4. The van der Waals surface area contributed by atoms with Gasteiger partial charge in [-0.25, -0.2) is 13.2 Å². The van der Waals surface area contributed by atoms with E-state index in [1.807, 2.05) is 6.07 Å². The molecule has 5 N–H and O–H groups in total. The number of anilines is 1. The minimum absolute atomic E-state index is 0.0436. The maximum Gasteiger partial charge on any atom is 0.326 e. The summed E-state index contributed by atoms with van der Waals surface area (Å²) in [5.74, 6) is -1.91. The van der Waals surface area contributed by atoms with E-state index in [0.29, 0.717) is 11.5 Å². The Bertz CT molecular complexity index is 1310. The van der Waals surface area contributed by atoms with Gasteiger partial charge in [0.05, 0.1) is 10.6 Å². The van der Waals surface area contributed by atoms with Crippen molar-refractivity contribution in [2.75, 3.05) is 4.72 Å². The number of ether oxygens (including phenoxy) is 1. The molecule has 3 rings (SSSR count). The SMILES string of the molecule is NC(=O)CC[C@H](NC(=O)c1ccc(S(=O)(=O)Nc2ccccc2Oc2ccccc2)cc1)C(=O)O. The number of rotatable bonds is 11. The summed E-state index contributed by atoms with van der Waals surface area (Å²) >= 11 is 0. The van der Waals surface area contributed by atoms with Gasteiger partial charge in [0, 0.05) is 12.0 Å². The Morgan fingerprint density at radius 3 is 2.17 bits per heavy atom. The van der Waals surface area contributed by atoms with Gasteiger partial charge in [-0.05, 0) is 55.0 Å². The van der Waals surface area contributed by atoms with Gasteiger partial charge in [0.2, 0.25) is 5.91 Å². The molecule has 182 valence electrons. The lowest BCUT2D eigenvalue weighted by molar-refractivity contribution is -0.139. The van der Waals surface area contributed by atoms with Gasteiger partial charge >= 0.3 is 5.97 Å². The predicted octanol–water partition coefficient (Wildman–Crippen LogP) is 2.73. The lowest BCUT2D eigenvalue weighted by Gasteiger charge is -2.15. The number of carboxylic acids is 1. The fourth-order valence-electron chi connectivity index (χ4n) is 3.03. The zero-order valence-corrected chi connectivity index (χ0v) is 19.2. The molecule has 0 aliphatic rings. The summed E-state index contributed by atoms with van der Waals surface area (Å²) in [7, 11) is -4.03. The van der Waals surface area contributed by atoms with Crippen LogP contribution in [0.1, 0.15) is 23.2 Å². The van der Waals surface area contributed by atoms with Gasteiger partial charge in [-0.3, -0.25) is 14.3 Å². The number of nitrogens with one attached hydrogen (secondary N) is 2. The third kappa shape index (κ3) is 7.05. The van der Waals surface area contributed by atoms with Crippen molar-refractivity contribution in [3.8, 4) is 11.5 Å². The molecule has 0 radical (unpaired) electrons. The van der Waals surface area contributed by atoms with Crippen molar-refractivity contribution in [3.63, 3.8) is 0 Å². The van der Waals surface area contributed by atoms with Crippen molar-refractivity contribution in [2.45, 2.75) is 23.8 Å². The van der Waals surface area contributed by atoms with Crippen molar-refractivity contribution < 1.29 is 32.6 Å². The first kappa shape index (κ1) is 25.2. The second-order valence-electron chi connectivity index (χ2n) is 7.41. The van der Waals surface area contributed by atoms with E-state index in [2.05, 4.69) is 10.0 Å². The number of nitrogens with two attached hydrogens (primary N) is 1. The summed E-state index contributed by atoms with van der Waals surface area (Å²) in [6.07, 6.45) is -0.382. The van der Waals surface area contributed by atoms with E-state index < -0.39 is 33.8 Å². The standard InChI is InChI=1S/C24H23N3O7S/c25-22(28)15-14-20(24(30)31)26-23(29)16-10-12-18(13-11-16)35(32,33)27-19-8-4-5-9-21(19)34-17-6-2-1-3-7-17/h1-13,20,27H,14-15H2,(H2,25,28)(H,26,29)(H,30,31)/t20-/m0/s1. The molecule has 0 heterocycles. The van der Waals surface area contributed by atoms with Gasteiger partial charge in [0.15, 0.2) is 5.75 Å². The minimum atomic E-state index is -4.03. The van der Waals surface area contributed by atoms with E-state index in [9.17, 15) is 27.9 Å². The van der Waals surface area contributed by atoms with Crippen LogP contribution in [0.25, 0.3) is 0 Å². The van der Waals surface area contributed by atoms with Gasteiger partial charge in [-0.15, -0.1) is 0 Å². The average Bonchev–Trinajstić information content (AvgIpc) is 2.83. The number of carbonyl (C=O) groups is 3. The number of benzene rings is 3. The Morgan fingerprint density at radius 2 is 1.54 bits per heavy atom. The Labute approximate surface area is 201 Å². The number of sulfonamides is 1. The van der Waals surface area contributed by atoms with Crippen LogP contribution in [-0.4, -0.2) is 37.3 Å². The molecule has 0 saturated heterocycles. The number of carboxylic acid groups (broad SMARTS) is 1. The zero-order valence-electron chi connectivity index (χ0n) is 18.4. The first-order valence-corrected chi connectivity index (χ1v) is 11.9. The van der Waals surface area contributed by atoms with Crippen LogP contribution in [0.15, 0.2) is 83.8 Å². The quantitative estimate of drug-likeness (QED) is 0.316. The molecule has 0 saturated carbocycles. The highest BCUT2D eigenvalue weighted by molar-refractivity contribution is 7.92. The van der Waals surface area contributed by atoms with Crippen LogP contribution in [0.5, 0.6) is 11.5 Å². The smallest absolute Gasteiger partial charge is 0.326 e. The molecule has 0 unspecified atom stereocenters. The number of hydrogen-bond acceptors (Lipinski definition) is 6. The fraction of sp³-hybridized carbons (Fsp3) is 0.125. The molecular formula is C24H23N3O7S. The number of para-hydroxylation sites is 3. The van der Waals surface area contributed by atoms with Gasteiger partial charge in [-0.2, -0.15) is 0 Å². The second-order valence-corrected chi connectivity index (χ2v) is 9.09. The largest absolute Gasteiger partial charge is 0.480 e. The van der Waals surface area contributed by atoms with E-state index in [0.717, 1.165) is 0 Å². The van der Waals surface area contributed by atoms with E-state index in [4.69, 9.17) is 10.5 Å². The van der Waals surface area contributed by atoms with Crippen molar-refractivity contribution >= 4 is 33.5 Å². The van der Waals surface area contributed by atoms with Crippen molar-refractivity contribution in [1.82, 2.24) is 5.32 Å². The van der Waals surface area contributed by atoms with Gasteiger partial charge < -0.3 is 20.9 Å². The average molecular weight is 498 g/mol. The normalized spacial score (nSPS) is 11.8. The van der Waals surface area contributed by atoms with Crippen LogP contribution >= 0.6 is 0 Å². The summed E-state index contributed by atoms with van der Waals surface area (Å²) in [4.78, 5) is 34.5. The first-order chi connectivity index (χ1) is 16.7. The third-order valence-corrected chi connectivity index (χ3v) is 6.19. The van der Waals surface area contributed by atoms with Crippen LogP contribution in [0.3, 0.4) is 0 Å². The topological polar surface area (TPSA) is 165 Å². The van der Waals surface area contributed by atoms with Crippen LogP contribution in [-0.2, 0) is 19.6 Å². The van der Waals surface area contributed by atoms with Crippen LogP contribution in [0, 0.1) is 0 Å². The molecular weight excluding hydrogens is 474 g/mol. The van der Waals surface area contributed by atoms with Crippen LogP contribution in [0.2, 0.25) is 0 Å². The van der Waals surface area contributed by atoms with E-state index >= 15 is 0 Å². The monoisotopic (exact) mass is 497 g/mol. The minimum Gasteiger partial charge on any atom is -0.480 e. The molecule has 2 amide bonds. The fourth-order valence-corrected chi connectivity index (χ4v) is 4.10. The number of primary amides is 1. The molecule has 0 aromatic heterocycles. The summed E-state index contributed by atoms with van der Waals surface area (Å²) in [5.41, 5.74) is 5.29. The molecule has 0 fully saturated rings. The number of aliphatic carboxylic acids is 1. The molecule has 1 atom stereocenters. The molecule has 11 heteroatoms. The predicted molar refractivity (Wildman–Crippen MR) is 128 cm³/mol. The Morgan fingerprint density at radius 1 is 0.914 bits per heavy atom. The van der Waals surface area contributed by atoms with Crippen LogP contribution < -0.4 is 20.5 Å². The van der Waals surface area contributed by atoms with Crippen molar-refractivity contribution in [2.24, 2.45) is 5.73 Å². The number of carbonyl (C=O) groups excluding carboxylic acids is 2. The molecule has 3 aromatic carbocycles. The highest BCUT2D eigenvalue weighted by atomic mass is 32.2. The summed E-state index contributed by atoms with van der Waals surface area (Å²) in [5, 5.41) is 11.5. The molecule has 0 aliphatic carbocycles. The molecule has 0 aliphatic heterocycles. The van der Waals surface area contributed by atoms with E-state index in [1.54, 1.807) is 48.5 Å². The summed E-state index contributed by atoms with van der Waals surface area (Å²) in [6, 6.07) is 19.0. The molecule has 3 aromatic rings. The lowest BCUT2D eigenvalue weighted by Crippen LogP contribution is -2.41. The van der Waals surface area contributed by atoms with Crippen LogP contribution in [0.4, 0.5) is 5.69 Å². The maximum absolute atomic E-state index is 12.9. The Hall–Kier alpha value is -4.38. The third-order valence-electron chi connectivity index (χ3n) is 4.81. The first-order valence-electron chi connectivity index (χ1n) is 10.4. The van der Waals surface area contributed by atoms with E-state index in [-0.39, 0.29) is 29.0 Å². The Balaban J connectivity index is 1.73. The van der Waals surface area contributed by atoms with Crippen molar-refractivity contribution in [1.29, 1.82) is 0 Å². The van der Waals surface area contributed by atoms with Gasteiger partial charge in [0.1, 0.15) is 11.8 Å². The van der Waals surface area contributed by atoms with E-state index in [1.165, 1.54) is 24.3 Å². The number of amides is 2. The zero-order chi connectivity index (χ0) is 25.4. The molecule has 10 nitrogen and oxygen atoms in total. The molecule has 0 spiro atoms. The molecule has 0 bridgehead atoms. The van der Waals surface area contributed by atoms with Crippen molar-refractivity contribution in [3.05, 3.63) is 84.4 Å². The summed E-state index contributed by atoms with van der Waals surface area (Å²) in [6.45, 7) is 0. The summed E-state index contributed by atoms with van der Waals surface area (Å²) < 4.78 is 34.1. The lowest BCUT2D eigenvalue weighted by atomic mass is 10.1. The maximum atomic E-state index is 12.9. The molecule has 35 heavy (non-hydrogen) atoms. The Kier molecular flexibility index (Phi) is 8.05.